The van der Waals surface area contributed by atoms with Gasteiger partial charge in [-0.3, -0.25) is 0 Å². The number of aliphatic hydroxyl groups excluding tert-OH is 2. The van der Waals surface area contributed by atoms with E-state index in [1.165, 1.54) is 0 Å². The normalized spacial score (nSPS) is 45.2. The van der Waals surface area contributed by atoms with Crippen LogP contribution in [-0.2, 0) is 0 Å². The molecule has 0 aromatic carbocycles. The van der Waals surface area contributed by atoms with Gasteiger partial charge in [0.2, 0.25) is 0 Å². The number of hydrogen-bond acceptors (Lipinski definition) is 3. The minimum absolute atomic E-state index is 0.104. The first-order chi connectivity index (χ1) is 15.0. The van der Waals surface area contributed by atoms with Gasteiger partial charge in [-0.25, -0.2) is 0 Å². The zero-order valence-electron chi connectivity index (χ0n) is 19.2. The lowest BCUT2D eigenvalue weighted by molar-refractivity contribution is -0.375. The van der Waals surface area contributed by atoms with Crippen LogP contribution in [0.25, 0.3) is 0 Å². The number of hydrogen-bond donors (Lipinski definition) is 3. The van der Waals surface area contributed by atoms with Gasteiger partial charge in [0.15, 0.2) is 0 Å². The van der Waals surface area contributed by atoms with E-state index in [1.807, 2.05) is 6.92 Å². The fraction of sp³-hybridized carbons (Fsp3) is 1.00. The maximum atomic E-state index is 13.2. The minimum atomic E-state index is -5.92. The Kier molecular flexibility index (Phi) is 6.18. The molecule has 4 fully saturated rings. The van der Waals surface area contributed by atoms with Crippen molar-refractivity contribution in [3.63, 3.8) is 0 Å². The van der Waals surface area contributed by atoms with E-state index in [9.17, 15) is 41.7 Å². The Hall–Kier alpha value is -0.540. The maximum Gasteiger partial charge on any atom is 0.426 e. The van der Waals surface area contributed by atoms with Crippen LogP contribution in [-0.4, -0.2) is 45.5 Å². The molecule has 4 saturated carbocycles. The molecule has 4 aliphatic carbocycles. The van der Waals surface area contributed by atoms with Crippen LogP contribution in [0.2, 0.25) is 0 Å². The average Bonchev–Trinajstić information content (AvgIpc) is 3.04. The predicted molar refractivity (Wildman–Crippen MR) is 109 cm³/mol. The van der Waals surface area contributed by atoms with Crippen LogP contribution in [0.15, 0.2) is 0 Å². The molecular weight excluding hydrogens is 450 g/mol. The SMILES string of the molecule is C[C@]12CC[C@H](O)C[C@@H]1CC[C@@H]1[C@@H]2CC[C@]2(C)[C@@H]([C@@H](O)CC(O)(C(F)(F)F)C(F)(F)F)CC[C@@H]12. The van der Waals surface area contributed by atoms with Crippen LogP contribution in [0.3, 0.4) is 0 Å². The smallest absolute Gasteiger partial charge is 0.393 e. The molecule has 0 saturated heterocycles. The molecule has 0 aliphatic heterocycles. The monoisotopic (exact) mass is 486 g/mol. The van der Waals surface area contributed by atoms with E-state index in [1.54, 1.807) is 0 Å². The lowest BCUT2D eigenvalue weighted by Gasteiger charge is -2.61. The van der Waals surface area contributed by atoms with E-state index in [4.69, 9.17) is 0 Å². The number of alkyl halides is 6. The molecule has 0 bridgehead atoms. The molecule has 3 N–H and O–H groups in total. The van der Waals surface area contributed by atoms with Crippen molar-refractivity contribution in [3.8, 4) is 0 Å². The van der Waals surface area contributed by atoms with Crippen molar-refractivity contribution in [1.29, 1.82) is 0 Å². The molecule has 0 aromatic heterocycles. The Labute approximate surface area is 190 Å². The van der Waals surface area contributed by atoms with Crippen molar-refractivity contribution in [2.24, 2.45) is 40.4 Å². The van der Waals surface area contributed by atoms with E-state index < -0.39 is 41.8 Å². The highest BCUT2D eigenvalue weighted by Crippen LogP contribution is 2.68. The third kappa shape index (κ3) is 3.83. The van der Waals surface area contributed by atoms with Crippen LogP contribution in [0.1, 0.15) is 78.1 Å². The molecule has 3 nitrogen and oxygen atoms in total. The summed E-state index contributed by atoms with van der Waals surface area (Å²) in [7, 11) is 0. The lowest BCUT2D eigenvalue weighted by Crippen LogP contribution is -2.60. The molecule has 4 aliphatic rings. The number of halogens is 6. The van der Waals surface area contributed by atoms with Crippen LogP contribution in [0.4, 0.5) is 26.3 Å². The van der Waals surface area contributed by atoms with Gasteiger partial charge in [0.05, 0.1) is 12.2 Å². The summed E-state index contributed by atoms with van der Waals surface area (Å²) in [6, 6.07) is 0. The van der Waals surface area contributed by atoms with Crippen LogP contribution in [0.5, 0.6) is 0 Å². The maximum absolute atomic E-state index is 13.2. The minimum Gasteiger partial charge on any atom is -0.393 e. The van der Waals surface area contributed by atoms with Crippen molar-refractivity contribution < 1.29 is 41.7 Å². The van der Waals surface area contributed by atoms with Gasteiger partial charge in [-0.05, 0) is 98.2 Å². The summed E-state index contributed by atoms with van der Waals surface area (Å²) in [5, 5.41) is 30.5. The van der Waals surface area contributed by atoms with Gasteiger partial charge in [0.1, 0.15) is 0 Å². The fourth-order valence-electron chi connectivity index (χ4n) is 8.75. The van der Waals surface area contributed by atoms with Crippen molar-refractivity contribution >= 4 is 0 Å². The van der Waals surface area contributed by atoms with Gasteiger partial charge >= 0.3 is 12.4 Å². The summed E-state index contributed by atoms with van der Waals surface area (Å²) in [6.45, 7) is 4.23. The zero-order chi connectivity index (χ0) is 24.6. The molecule has 0 spiro atoms. The topological polar surface area (TPSA) is 60.7 Å². The van der Waals surface area contributed by atoms with Gasteiger partial charge < -0.3 is 15.3 Å². The van der Waals surface area contributed by atoms with E-state index in [-0.39, 0.29) is 17.4 Å². The molecule has 4 rings (SSSR count). The van der Waals surface area contributed by atoms with E-state index >= 15 is 0 Å². The molecule has 0 unspecified atom stereocenters. The number of rotatable bonds is 3. The van der Waals surface area contributed by atoms with Crippen LogP contribution < -0.4 is 0 Å². The van der Waals surface area contributed by atoms with Crippen molar-refractivity contribution in [1.82, 2.24) is 0 Å². The zero-order valence-corrected chi connectivity index (χ0v) is 19.2. The molecule has 0 amide bonds. The van der Waals surface area contributed by atoms with Crippen LogP contribution in [0, 0.1) is 40.4 Å². The first kappa shape index (κ1) is 25.5. The summed E-state index contributed by atoms with van der Waals surface area (Å²) >= 11 is 0. The second-order valence-electron chi connectivity index (χ2n) is 11.9. The molecule has 192 valence electrons. The quantitative estimate of drug-likeness (QED) is 0.455. The Bertz CT molecular complexity index is 725. The second-order valence-corrected chi connectivity index (χ2v) is 11.9. The molecule has 0 heterocycles. The standard InChI is InChI=1S/C24H36F6O3/c1-20-9-7-14(31)11-13(20)3-4-15-16-5-6-18(21(16,2)10-8-17(15)20)19(32)12-22(33,23(25,26)27)24(28,29)30/h13-19,31-33H,3-12H2,1-2H3/t13-,14-,15-,16-,17-,18+,19-,20-,21-/m0/s1. The average molecular weight is 487 g/mol. The summed E-state index contributed by atoms with van der Waals surface area (Å²) in [4.78, 5) is 0. The Balaban J connectivity index is 1.54. The largest absolute Gasteiger partial charge is 0.426 e. The van der Waals surface area contributed by atoms with Crippen molar-refractivity contribution in [2.75, 3.05) is 0 Å². The summed E-state index contributed by atoms with van der Waals surface area (Å²) in [5.41, 5.74) is -5.36. The first-order valence-corrected chi connectivity index (χ1v) is 12.3. The van der Waals surface area contributed by atoms with Gasteiger partial charge in [0, 0.05) is 6.42 Å². The molecule has 9 atom stereocenters. The summed E-state index contributed by atoms with van der Waals surface area (Å²) in [5.74, 6) is 0.647. The highest BCUT2D eigenvalue weighted by molar-refractivity contribution is 5.11. The predicted octanol–water partition coefficient (Wildman–Crippen LogP) is 5.61. The lowest BCUT2D eigenvalue weighted by atomic mass is 9.44. The van der Waals surface area contributed by atoms with E-state index in [0.29, 0.717) is 37.0 Å². The number of aliphatic hydroxyl groups is 3. The molecule has 0 radical (unpaired) electrons. The molecule has 33 heavy (non-hydrogen) atoms. The Morgan fingerprint density at radius 3 is 2.00 bits per heavy atom. The van der Waals surface area contributed by atoms with E-state index in [0.717, 1.165) is 38.5 Å². The molecular formula is C24H36F6O3. The van der Waals surface area contributed by atoms with Gasteiger partial charge in [-0.2, -0.15) is 26.3 Å². The highest BCUT2D eigenvalue weighted by Gasteiger charge is 2.71. The summed E-state index contributed by atoms with van der Waals surface area (Å²) in [6.07, 6.45) is -8.76. The van der Waals surface area contributed by atoms with Gasteiger partial charge in [-0.1, -0.05) is 13.8 Å². The highest BCUT2D eigenvalue weighted by atomic mass is 19.4. The van der Waals surface area contributed by atoms with Gasteiger partial charge in [0.25, 0.3) is 5.60 Å². The third-order valence-corrected chi connectivity index (χ3v) is 10.6. The molecule has 9 heteroatoms. The summed E-state index contributed by atoms with van der Waals surface area (Å²) < 4.78 is 79.4. The van der Waals surface area contributed by atoms with Crippen molar-refractivity contribution in [2.45, 2.75) is 108 Å². The Morgan fingerprint density at radius 2 is 1.39 bits per heavy atom. The molecule has 0 aromatic rings. The third-order valence-electron chi connectivity index (χ3n) is 10.6. The van der Waals surface area contributed by atoms with Gasteiger partial charge in [-0.15, -0.1) is 0 Å². The second kappa shape index (κ2) is 7.99. The fourth-order valence-corrected chi connectivity index (χ4v) is 8.75. The Morgan fingerprint density at radius 1 is 0.818 bits per heavy atom. The number of fused-ring (bicyclic) bond motifs is 5. The first-order valence-electron chi connectivity index (χ1n) is 12.3. The van der Waals surface area contributed by atoms with Crippen molar-refractivity contribution in [3.05, 3.63) is 0 Å². The van der Waals surface area contributed by atoms with Crippen LogP contribution >= 0.6 is 0 Å². The van der Waals surface area contributed by atoms with E-state index in [2.05, 4.69) is 6.92 Å².